The first-order valence-electron chi connectivity index (χ1n) is 6.69. The quantitative estimate of drug-likeness (QED) is 0.842. The van der Waals surface area contributed by atoms with E-state index in [2.05, 4.69) is 36.5 Å². The molecule has 1 fully saturated rings. The fourth-order valence-electron chi connectivity index (χ4n) is 2.26. The Morgan fingerprint density at radius 3 is 2.50 bits per heavy atom. The molecule has 0 aromatic heterocycles. The third-order valence-electron chi connectivity index (χ3n) is 3.40. The summed E-state index contributed by atoms with van der Waals surface area (Å²) < 4.78 is 0. The van der Waals surface area contributed by atoms with Crippen molar-refractivity contribution in [1.29, 1.82) is 0 Å². The Labute approximate surface area is 114 Å². The summed E-state index contributed by atoms with van der Waals surface area (Å²) in [6, 6.07) is 8.76. The van der Waals surface area contributed by atoms with Crippen LogP contribution in [0.2, 0.25) is 0 Å². The van der Waals surface area contributed by atoms with Crippen molar-refractivity contribution >= 4 is 17.7 Å². The Bertz CT molecular complexity index is 395. The van der Waals surface area contributed by atoms with Gasteiger partial charge in [0.2, 0.25) is 5.91 Å². The molecule has 2 nitrogen and oxygen atoms in total. The van der Waals surface area contributed by atoms with E-state index < -0.39 is 0 Å². The van der Waals surface area contributed by atoms with Crippen LogP contribution in [-0.4, -0.2) is 17.2 Å². The first-order chi connectivity index (χ1) is 8.65. The molecule has 1 N–H and O–H groups in total. The maximum absolute atomic E-state index is 12.0. The monoisotopic (exact) mass is 263 g/mol. The van der Waals surface area contributed by atoms with Gasteiger partial charge in [-0.2, -0.15) is 0 Å². The molecule has 3 heteroatoms. The molecule has 0 bridgehead atoms. The number of hydrogen-bond acceptors (Lipinski definition) is 2. The number of carbonyl (C=O) groups is 1. The van der Waals surface area contributed by atoms with E-state index in [1.165, 1.54) is 18.4 Å². The van der Waals surface area contributed by atoms with Crippen molar-refractivity contribution < 1.29 is 4.79 Å². The van der Waals surface area contributed by atoms with E-state index >= 15 is 0 Å². The van der Waals surface area contributed by atoms with Crippen molar-refractivity contribution in [3.63, 3.8) is 0 Å². The number of hydrogen-bond donors (Lipinski definition) is 1. The lowest BCUT2D eigenvalue weighted by molar-refractivity contribution is -0.120. The van der Waals surface area contributed by atoms with Gasteiger partial charge in [0.05, 0.1) is 5.25 Å². The van der Waals surface area contributed by atoms with Gasteiger partial charge in [-0.3, -0.25) is 4.79 Å². The summed E-state index contributed by atoms with van der Waals surface area (Å²) in [5.74, 6) is 0.174. The number of benzene rings is 1. The van der Waals surface area contributed by atoms with Gasteiger partial charge in [0, 0.05) is 10.9 Å². The minimum absolute atomic E-state index is 0.0201. The van der Waals surface area contributed by atoms with Crippen LogP contribution in [0.4, 0.5) is 0 Å². The van der Waals surface area contributed by atoms with E-state index in [1.807, 2.05) is 6.92 Å². The molecule has 0 saturated heterocycles. The second-order valence-electron chi connectivity index (χ2n) is 5.06. The largest absolute Gasteiger partial charge is 0.352 e. The Kier molecular flexibility index (Phi) is 4.70. The van der Waals surface area contributed by atoms with Gasteiger partial charge in [-0.15, -0.1) is 11.8 Å². The number of aryl methyl sites for hydroxylation is 1. The summed E-state index contributed by atoms with van der Waals surface area (Å²) in [6.07, 6.45) is 4.80. The van der Waals surface area contributed by atoms with E-state index in [0.29, 0.717) is 6.04 Å². The van der Waals surface area contributed by atoms with Crippen molar-refractivity contribution in [2.45, 2.75) is 55.7 Å². The molecule has 98 valence electrons. The Hall–Kier alpha value is -0.960. The van der Waals surface area contributed by atoms with Crippen LogP contribution < -0.4 is 5.32 Å². The molecule has 0 aliphatic heterocycles. The molecule has 1 aliphatic carbocycles. The van der Waals surface area contributed by atoms with Crippen LogP contribution >= 0.6 is 11.8 Å². The summed E-state index contributed by atoms with van der Waals surface area (Å²) in [6.45, 7) is 4.06. The topological polar surface area (TPSA) is 29.1 Å². The number of carbonyl (C=O) groups excluding carboxylic acids is 1. The van der Waals surface area contributed by atoms with Gasteiger partial charge < -0.3 is 5.32 Å². The summed E-state index contributed by atoms with van der Waals surface area (Å²) in [7, 11) is 0. The fraction of sp³-hybridized carbons (Fsp3) is 0.533. The van der Waals surface area contributed by atoms with Crippen LogP contribution in [-0.2, 0) is 4.79 Å². The van der Waals surface area contributed by atoms with E-state index in [1.54, 1.807) is 11.8 Å². The first kappa shape index (κ1) is 13.5. The van der Waals surface area contributed by atoms with Crippen molar-refractivity contribution in [2.75, 3.05) is 0 Å². The van der Waals surface area contributed by atoms with Crippen LogP contribution in [0, 0.1) is 6.92 Å². The molecule has 0 heterocycles. The van der Waals surface area contributed by atoms with Gasteiger partial charge in [-0.05, 0) is 38.8 Å². The molecule has 2 rings (SSSR count). The lowest BCUT2D eigenvalue weighted by Crippen LogP contribution is -2.37. The van der Waals surface area contributed by atoms with Crippen molar-refractivity contribution in [2.24, 2.45) is 0 Å². The Balaban J connectivity index is 1.84. The predicted molar refractivity (Wildman–Crippen MR) is 76.9 cm³/mol. The Morgan fingerprint density at radius 1 is 1.28 bits per heavy atom. The number of rotatable bonds is 4. The van der Waals surface area contributed by atoms with Gasteiger partial charge in [0.15, 0.2) is 0 Å². The Morgan fingerprint density at radius 2 is 1.89 bits per heavy atom. The van der Waals surface area contributed by atoms with Gasteiger partial charge in [-0.25, -0.2) is 0 Å². The normalized spacial score (nSPS) is 17.7. The zero-order chi connectivity index (χ0) is 13.0. The second kappa shape index (κ2) is 6.28. The molecule has 1 aromatic carbocycles. The highest BCUT2D eigenvalue weighted by Crippen LogP contribution is 2.24. The molecular formula is C15H21NOS. The van der Waals surface area contributed by atoms with E-state index in [9.17, 15) is 4.79 Å². The first-order valence-corrected chi connectivity index (χ1v) is 7.57. The third-order valence-corrected chi connectivity index (χ3v) is 4.52. The molecule has 18 heavy (non-hydrogen) atoms. The highest BCUT2D eigenvalue weighted by molar-refractivity contribution is 8.00. The zero-order valence-electron chi connectivity index (χ0n) is 11.1. The molecule has 1 atom stereocenters. The van der Waals surface area contributed by atoms with Gasteiger partial charge in [0.1, 0.15) is 0 Å². The third kappa shape index (κ3) is 3.77. The molecule has 0 unspecified atom stereocenters. The van der Waals surface area contributed by atoms with Crippen LogP contribution in [0.3, 0.4) is 0 Å². The summed E-state index contributed by atoms with van der Waals surface area (Å²) in [4.78, 5) is 13.2. The standard InChI is InChI=1S/C15H21NOS/c1-11-7-9-14(10-8-11)18-12(2)15(17)16-13-5-3-4-6-13/h7-10,12-13H,3-6H2,1-2H3,(H,16,17)/t12-/m1/s1. The highest BCUT2D eigenvalue weighted by Gasteiger charge is 2.21. The SMILES string of the molecule is Cc1ccc(S[C@H](C)C(=O)NC2CCCC2)cc1. The second-order valence-corrected chi connectivity index (χ2v) is 6.48. The van der Waals surface area contributed by atoms with Crippen molar-refractivity contribution in [3.05, 3.63) is 29.8 Å². The highest BCUT2D eigenvalue weighted by atomic mass is 32.2. The molecule has 1 aromatic rings. The molecule has 0 spiro atoms. The molecular weight excluding hydrogens is 242 g/mol. The maximum atomic E-state index is 12.0. The van der Waals surface area contributed by atoms with Crippen LogP contribution in [0.15, 0.2) is 29.2 Å². The maximum Gasteiger partial charge on any atom is 0.233 e. The average Bonchev–Trinajstić information content (AvgIpc) is 2.85. The molecule has 0 radical (unpaired) electrons. The van der Waals surface area contributed by atoms with Gasteiger partial charge in [0.25, 0.3) is 0 Å². The van der Waals surface area contributed by atoms with Crippen molar-refractivity contribution in [3.8, 4) is 0 Å². The van der Waals surface area contributed by atoms with Crippen LogP contribution in [0.1, 0.15) is 38.2 Å². The van der Waals surface area contributed by atoms with E-state index in [-0.39, 0.29) is 11.2 Å². The molecule has 1 saturated carbocycles. The average molecular weight is 263 g/mol. The summed E-state index contributed by atoms with van der Waals surface area (Å²) >= 11 is 1.63. The number of thioether (sulfide) groups is 1. The van der Waals surface area contributed by atoms with E-state index in [0.717, 1.165) is 17.7 Å². The fourth-order valence-corrected chi connectivity index (χ4v) is 3.14. The number of nitrogens with one attached hydrogen (secondary N) is 1. The van der Waals surface area contributed by atoms with Crippen molar-refractivity contribution in [1.82, 2.24) is 5.32 Å². The van der Waals surface area contributed by atoms with Crippen LogP contribution in [0.5, 0.6) is 0 Å². The summed E-state index contributed by atoms with van der Waals surface area (Å²) in [5.41, 5.74) is 1.25. The smallest absolute Gasteiger partial charge is 0.233 e. The van der Waals surface area contributed by atoms with Crippen LogP contribution in [0.25, 0.3) is 0 Å². The number of amides is 1. The minimum Gasteiger partial charge on any atom is -0.352 e. The van der Waals surface area contributed by atoms with Gasteiger partial charge in [-0.1, -0.05) is 30.5 Å². The molecule has 1 amide bonds. The lowest BCUT2D eigenvalue weighted by atomic mass is 10.2. The summed E-state index contributed by atoms with van der Waals surface area (Å²) in [5, 5.41) is 3.13. The minimum atomic E-state index is -0.0201. The predicted octanol–water partition coefficient (Wildman–Crippen LogP) is 3.53. The van der Waals surface area contributed by atoms with Gasteiger partial charge >= 0.3 is 0 Å². The zero-order valence-corrected chi connectivity index (χ0v) is 11.9. The van der Waals surface area contributed by atoms with E-state index in [4.69, 9.17) is 0 Å². The molecule has 1 aliphatic rings. The lowest BCUT2D eigenvalue weighted by Gasteiger charge is -2.16.